The molecule has 2 aromatic heterocycles. The van der Waals surface area contributed by atoms with Crippen LogP contribution in [-0.2, 0) is 6.54 Å². The lowest BCUT2D eigenvalue weighted by Crippen LogP contribution is -2.22. The lowest BCUT2D eigenvalue weighted by molar-refractivity contribution is 0.511. The van der Waals surface area contributed by atoms with Gasteiger partial charge in [0.2, 0.25) is 0 Å². The molecular formula is C21H17F2N3OS. The number of hydrogen-bond donors (Lipinski definition) is 2. The van der Waals surface area contributed by atoms with Crippen LogP contribution in [0.3, 0.4) is 0 Å². The molecule has 0 fully saturated rings. The van der Waals surface area contributed by atoms with E-state index in [1.807, 2.05) is 36.4 Å². The third kappa shape index (κ3) is 3.72. The molecule has 2 N–H and O–H groups in total. The van der Waals surface area contributed by atoms with Gasteiger partial charge < -0.3 is 10.3 Å². The second-order valence-corrected chi connectivity index (χ2v) is 7.51. The van der Waals surface area contributed by atoms with E-state index < -0.39 is 11.6 Å². The van der Waals surface area contributed by atoms with Gasteiger partial charge in [-0.25, -0.2) is 13.8 Å². The van der Waals surface area contributed by atoms with Crippen LogP contribution in [-0.4, -0.2) is 9.97 Å². The molecule has 142 valence electrons. The molecule has 0 aliphatic heterocycles. The van der Waals surface area contributed by atoms with E-state index in [1.165, 1.54) is 23.5 Å². The topological polar surface area (TPSA) is 57.8 Å². The highest BCUT2D eigenvalue weighted by atomic mass is 32.1. The number of halogens is 2. The highest BCUT2D eigenvalue weighted by Crippen LogP contribution is 2.30. The van der Waals surface area contributed by atoms with Crippen LogP contribution in [0.2, 0.25) is 0 Å². The zero-order chi connectivity index (χ0) is 19.7. The summed E-state index contributed by atoms with van der Waals surface area (Å²) in [5, 5.41) is 3.66. The third-order valence-electron chi connectivity index (χ3n) is 4.51. The molecular weight excluding hydrogens is 380 g/mol. The SMILES string of the molecule is C[C@H](NCc1nc2sc(-c3ccccc3)cc2c(=O)[nH]1)c1ccc(F)cc1F. The van der Waals surface area contributed by atoms with E-state index in [2.05, 4.69) is 15.3 Å². The first-order valence-corrected chi connectivity index (χ1v) is 9.59. The van der Waals surface area contributed by atoms with Crippen molar-refractivity contribution in [1.82, 2.24) is 15.3 Å². The predicted molar refractivity (Wildman–Crippen MR) is 107 cm³/mol. The van der Waals surface area contributed by atoms with Gasteiger partial charge in [0.05, 0.1) is 11.9 Å². The first kappa shape index (κ1) is 18.5. The van der Waals surface area contributed by atoms with Gasteiger partial charge in [-0.3, -0.25) is 4.79 Å². The van der Waals surface area contributed by atoms with Crippen molar-refractivity contribution in [3.8, 4) is 10.4 Å². The van der Waals surface area contributed by atoms with Crippen LogP contribution >= 0.6 is 11.3 Å². The normalized spacial score (nSPS) is 12.4. The molecule has 4 aromatic rings. The summed E-state index contributed by atoms with van der Waals surface area (Å²) in [6.45, 7) is 2.02. The number of aromatic nitrogens is 2. The number of benzene rings is 2. The van der Waals surface area contributed by atoms with Crippen molar-refractivity contribution in [3.05, 3.63) is 88.0 Å². The van der Waals surface area contributed by atoms with Gasteiger partial charge in [0.1, 0.15) is 22.3 Å². The highest BCUT2D eigenvalue weighted by Gasteiger charge is 2.14. The number of hydrogen-bond acceptors (Lipinski definition) is 4. The van der Waals surface area contributed by atoms with E-state index in [1.54, 1.807) is 6.92 Å². The van der Waals surface area contributed by atoms with Gasteiger partial charge in [0.25, 0.3) is 5.56 Å². The Morgan fingerprint density at radius 3 is 2.68 bits per heavy atom. The van der Waals surface area contributed by atoms with Crippen molar-refractivity contribution in [1.29, 1.82) is 0 Å². The molecule has 0 saturated carbocycles. The molecule has 1 atom stereocenters. The van der Waals surface area contributed by atoms with Gasteiger partial charge in [-0.1, -0.05) is 36.4 Å². The summed E-state index contributed by atoms with van der Waals surface area (Å²) < 4.78 is 27.0. The Hall–Kier alpha value is -2.90. The minimum atomic E-state index is -0.614. The third-order valence-corrected chi connectivity index (χ3v) is 5.59. The summed E-state index contributed by atoms with van der Waals surface area (Å²) in [5.74, 6) is -0.757. The fraction of sp³-hybridized carbons (Fsp3) is 0.143. The van der Waals surface area contributed by atoms with Crippen LogP contribution in [0.4, 0.5) is 8.78 Å². The van der Waals surface area contributed by atoms with Crippen LogP contribution < -0.4 is 10.9 Å². The van der Waals surface area contributed by atoms with Gasteiger partial charge in [-0.05, 0) is 24.6 Å². The Kier molecular flexibility index (Phi) is 5.02. The van der Waals surface area contributed by atoms with Gasteiger partial charge in [0, 0.05) is 22.5 Å². The maximum Gasteiger partial charge on any atom is 0.259 e. The van der Waals surface area contributed by atoms with Crippen LogP contribution in [0.25, 0.3) is 20.7 Å². The monoisotopic (exact) mass is 397 g/mol. The highest BCUT2D eigenvalue weighted by molar-refractivity contribution is 7.21. The van der Waals surface area contributed by atoms with Gasteiger partial charge in [-0.15, -0.1) is 11.3 Å². The largest absolute Gasteiger partial charge is 0.309 e. The van der Waals surface area contributed by atoms with Crippen molar-refractivity contribution in [3.63, 3.8) is 0 Å². The fourth-order valence-electron chi connectivity index (χ4n) is 3.02. The summed E-state index contributed by atoms with van der Waals surface area (Å²) in [6.07, 6.45) is 0. The summed E-state index contributed by atoms with van der Waals surface area (Å²) in [7, 11) is 0. The summed E-state index contributed by atoms with van der Waals surface area (Å²) in [5.41, 5.74) is 1.18. The Morgan fingerprint density at radius 1 is 1.14 bits per heavy atom. The number of fused-ring (bicyclic) bond motifs is 1. The van der Waals surface area contributed by atoms with Crippen LogP contribution in [0, 0.1) is 11.6 Å². The van der Waals surface area contributed by atoms with E-state index in [0.29, 0.717) is 21.6 Å². The molecule has 0 radical (unpaired) electrons. The zero-order valence-corrected chi connectivity index (χ0v) is 15.8. The Balaban J connectivity index is 1.57. The molecule has 0 bridgehead atoms. The van der Waals surface area contributed by atoms with Gasteiger partial charge in [0.15, 0.2) is 0 Å². The van der Waals surface area contributed by atoms with E-state index >= 15 is 0 Å². The average molecular weight is 397 g/mol. The molecule has 2 aromatic carbocycles. The van der Waals surface area contributed by atoms with E-state index in [-0.39, 0.29) is 18.1 Å². The molecule has 7 heteroatoms. The molecule has 4 nitrogen and oxygen atoms in total. The Morgan fingerprint density at radius 2 is 1.93 bits per heavy atom. The second-order valence-electron chi connectivity index (χ2n) is 6.48. The van der Waals surface area contributed by atoms with Crippen LogP contribution in [0.5, 0.6) is 0 Å². The number of H-pyrrole nitrogens is 1. The van der Waals surface area contributed by atoms with Crippen molar-refractivity contribution >= 4 is 21.6 Å². The van der Waals surface area contributed by atoms with Gasteiger partial charge >= 0.3 is 0 Å². The molecule has 4 rings (SSSR count). The molecule has 28 heavy (non-hydrogen) atoms. The molecule has 0 aliphatic rings. The quantitative estimate of drug-likeness (QED) is 0.510. The molecule has 0 spiro atoms. The molecule has 0 unspecified atom stereocenters. The zero-order valence-electron chi connectivity index (χ0n) is 15.0. The Labute approximate surface area is 163 Å². The number of thiophene rings is 1. The number of nitrogens with zero attached hydrogens (tertiary/aromatic N) is 1. The molecule has 0 amide bonds. The predicted octanol–water partition coefficient (Wildman–Crippen LogP) is 4.78. The minimum Gasteiger partial charge on any atom is -0.309 e. The smallest absolute Gasteiger partial charge is 0.259 e. The van der Waals surface area contributed by atoms with E-state index in [0.717, 1.165) is 16.5 Å². The first-order chi connectivity index (χ1) is 13.5. The summed E-state index contributed by atoms with van der Waals surface area (Å²) in [6, 6.07) is 14.8. The number of nitrogens with one attached hydrogen (secondary N) is 2. The van der Waals surface area contributed by atoms with E-state index in [9.17, 15) is 13.6 Å². The molecule has 0 saturated heterocycles. The fourth-order valence-corrected chi connectivity index (χ4v) is 4.07. The minimum absolute atomic E-state index is 0.208. The van der Waals surface area contributed by atoms with Gasteiger partial charge in [-0.2, -0.15) is 0 Å². The molecule has 0 aliphatic carbocycles. The van der Waals surface area contributed by atoms with Crippen molar-refractivity contribution < 1.29 is 8.78 Å². The Bertz CT molecular complexity index is 1190. The summed E-state index contributed by atoms with van der Waals surface area (Å²) in [4.78, 5) is 21.4. The van der Waals surface area contributed by atoms with Crippen LogP contribution in [0.15, 0.2) is 59.4 Å². The first-order valence-electron chi connectivity index (χ1n) is 8.78. The van der Waals surface area contributed by atoms with Crippen LogP contribution in [0.1, 0.15) is 24.4 Å². The summed E-state index contributed by atoms with van der Waals surface area (Å²) >= 11 is 1.45. The number of rotatable bonds is 5. The maximum absolute atomic E-state index is 13.9. The lowest BCUT2D eigenvalue weighted by atomic mass is 10.1. The van der Waals surface area contributed by atoms with Crippen molar-refractivity contribution in [2.45, 2.75) is 19.5 Å². The average Bonchev–Trinajstić information content (AvgIpc) is 3.12. The standard InChI is InChI=1S/C21H17F2N3OS/c1-12(15-8-7-14(22)9-17(15)23)24-11-19-25-20(27)16-10-18(28-21(16)26-19)13-5-3-2-4-6-13/h2-10,12,24H,11H2,1H3,(H,25,26,27)/t12-/m0/s1. The van der Waals surface area contributed by atoms with Crippen molar-refractivity contribution in [2.75, 3.05) is 0 Å². The maximum atomic E-state index is 13.9. The van der Waals surface area contributed by atoms with Crippen molar-refractivity contribution in [2.24, 2.45) is 0 Å². The molecule has 2 heterocycles. The lowest BCUT2D eigenvalue weighted by Gasteiger charge is -2.14. The second kappa shape index (κ2) is 7.61. The number of aromatic amines is 1. The van der Waals surface area contributed by atoms with E-state index in [4.69, 9.17) is 0 Å².